The zero-order valence-electron chi connectivity index (χ0n) is 12.7. The van der Waals surface area contributed by atoms with Gasteiger partial charge in [0.05, 0.1) is 18.5 Å². The van der Waals surface area contributed by atoms with Crippen molar-refractivity contribution in [3.63, 3.8) is 0 Å². The summed E-state index contributed by atoms with van der Waals surface area (Å²) in [5, 5.41) is 31.4. The minimum absolute atomic E-state index is 0.225. The third-order valence-corrected chi connectivity index (χ3v) is 4.05. The van der Waals surface area contributed by atoms with E-state index in [1.54, 1.807) is 0 Å². The molecule has 1 fully saturated rings. The summed E-state index contributed by atoms with van der Waals surface area (Å²) in [7, 11) is 0. The van der Waals surface area contributed by atoms with Crippen LogP contribution in [0, 0.1) is 0 Å². The summed E-state index contributed by atoms with van der Waals surface area (Å²) in [6.45, 7) is 0. The van der Waals surface area contributed by atoms with Crippen LogP contribution in [-0.2, 0) is 9.59 Å². The molecule has 5 N–H and O–H groups in total. The molecule has 1 heterocycles. The molecule has 0 radical (unpaired) electrons. The number of aliphatic hydroxyl groups excluding tert-OH is 2. The maximum absolute atomic E-state index is 11.8. The lowest BCUT2D eigenvalue weighted by molar-refractivity contribution is -0.139. The number of hydrogen-bond acceptors (Lipinski definition) is 6. The average Bonchev–Trinajstić information content (AvgIpc) is 2.51. The fourth-order valence-electron chi connectivity index (χ4n) is 2.81. The van der Waals surface area contributed by atoms with E-state index in [0.717, 1.165) is 10.6 Å². The van der Waals surface area contributed by atoms with E-state index in [0.29, 0.717) is 0 Å². The zero-order valence-corrected chi connectivity index (χ0v) is 12.7. The highest BCUT2D eigenvalue weighted by molar-refractivity contribution is 5.80. The Balaban J connectivity index is 2.04. The molecule has 1 aromatic rings. The Labute approximate surface area is 135 Å². The smallest absolute Gasteiger partial charge is 0.328 e. The highest BCUT2D eigenvalue weighted by Crippen LogP contribution is 2.28. The van der Waals surface area contributed by atoms with Crippen LogP contribution in [0.3, 0.4) is 0 Å². The van der Waals surface area contributed by atoms with Crippen molar-refractivity contribution >= 4 is 11.9 Å². The van der Waals surface area contributed by atoms with Gasteiger partial charge in [-0.15, -0.1) is 0 Å². The first-order chi connectivity index (χ1) is 11.3. The van der Waals surface area contributed by atoms with Crippen molar-refractivity contribution in [3.8, 4) is 0 Å². The summed E-state index contributed by atoms with van der Waals surface area (Å²) in [6, 6.07) is -0.340. The van der Waals surface area contributed by atoms with Gasteiger partial charge in [-0.2, -0.15) is 0 Å². The Morgan fingerprint density at radius 1 is 1.21 bits per heavy atom. The van der Waals surface area contributed by atoms with Crippen LogP contribution >= 0.6 is 0 Å². The summed E-state index contributed by atoms with van der Waals surface area (Å²) in [6.07, 6.45) is -1.39. The maximum Gasteiger partial charge on any atom is 0.328 e. The Hall–Kier alpha value is -2.46. The Morgan fingerprint density at radius 3 is 2.54 bits per heavy atom. The SMILES string of the molecule is O=C(O)CCC(=O)N[C@@H]1CC[C@@H](n2ccc(=O)[nH]c2=O)[C@H](O)[C@@H]1O. The van der Waals surface area contributed by atoms with Crippen molar-refractivity contribution in [2.75, 3.05) is 0 Å². The molecule has 10 heteroatoms. The molecule has 1 saturated carbocycles. The molecule has 0 aromatic carbocycles. The standard InChI is InChI=1S/C14H19N3O7/c18-9(3-4-11(20)21)15-7-1-2-8(13(23)12(7)22)17-6-5-10(19)16-14(17)24/h5-8,12-13,22-23H,1-4H2,(H,15,18)(H,20,21)(H,16,19,24)/t7-,8-,12-,13+/m1/s1. The Bertz CT molecular complexity index is 726. The number of carboxylic acid groups (broad SMARTS) is 1. The normalized spacial score (nSPS) is 26.8. The number of aliphatic carboxylic acids is 1. The van der Waals surface area contributed by atoms with Gasteiger partial charge >= 0.3 is 11.7 Å². The molecular formula is C14H19N3O7. The summed E-state index contributed by atoms with van der Waals surface area (Å²) < 4.78 is 1.14. The van der Waals surface area contributed by atoms with E-state index in [1.807, 2.05) is 0 Å². The number of carboxylic acids is 1. The molecule has 4 atom stereocenters. The van der Waals surface area contributed by atoms with E-state index in [1.165, 1.54) is 6.20 Å². The number of carbonyl (C=O) groups excluding carboxylic acids is 1. The summed E-state index contributed by atoms with van der Waals surface area (Å²) in [5.41, 5.74) is -1.26. The quantitative estimate of drug-likeness (QED) is 0.411. The van der Waals surface area contributed by atoms with Crippen LogP contribution in [0.4, 0.5) is 0 Å². The summed E-state index contributed by atoms with van der Waals surface area (Å²) in [4.78, 5) is 47.0. The first-order valence-electron chi connectivity index (χ1n) is 7.48. The minimum Gasteiger partial charge on any atom is -0.481 e. The molecule has 0 bridgehead atoms. The van der Waals surface area contributed by atoms with E-state index >= 15 is 0 Å². The fraction of sp³-hybridized carbons (Fsp3) is 0.571. The van der Waals surface area contributed by atoms with E-state index < -0.39 is 47.4 Å². The molecular weight excluding hydrogens is 322 g/mol. The van der Waals surface area contributed by atoms with Crippen molar-refractivity contribution in [2.45, 2.75) is 50.0 Å². The molecule has 1 aromatic heterocycles. The van der Waals surface area contributed by atoms with Gasteiger partial charge in [0.1, 0.15) is 12.2 Å². The second-order valence-electron chi connectivity index (χ2n) is 5.71. The fourth-order valence-corrected chi connectivity index (χ4v) is 2.81. The van der Waals surface area contributed by atoms with E-state index in [-0.39, 0.29) is 25.7 Å². The molecule has 0 saturated heterocycles. The van der Waals surface area contributed by atoms with Crippen LogP contribution in [0.15, 0.2) is 21.9 Å². The topological polar surface area (TPSA) is 162 Å². The molecule has 0 aliphatic heterocycles. The van der Waals surface area contributed by atoms with Gasteiger partial charge in [-0.05, 0) is 12.8 Å². The predicted molar refractivity (Wildman–Crippen MR) is 80.4 cm³/mol. The largest absolute Gasteiger partial charge is 0.481 e. The number of H-pyrrole nitrogens is 1. The molecule has 0 spiro atoms. The minimum atomic E-state index is -1.33. The number of rotatable bonds is 5. The molecule has 2 rings (SSSR count). The number of aliphatic hydroxyl groups is 2. The molecule has 1 amide bonds. The van der Waals surface area contributed by atoms with E-state index in [4.69, 9.17) is 5.11 Å². The number of aromatic nitrogens is 2. The van der Waals surface area contributed by atoms with E-state index in [9.17, 15) is 29.4 Å². The number of amides is 1. The second-order valence-corrected chi connectivity index (χ2v) is 5.71. The van der Waals surface area contributed by atoms with Crippen molar-refractivity contribution in [2.24, 2.45) is 0 Å². The van der Waals surface area contributed by atoms with Crippen LogP contribution in [0.1, 0.15) is 31.7 Å². The third-order valence-electron chi connectivity index (χ3n) is 4.05. The van der Waals surface area contributed by atoms with Crippen molar-refractivity contribution in [1.29, 1.82) is 0 Å². The van der Waals surface area contributed by atoms with Gasteiger partial charge in [0.2, 0.25) is 5.91 Å². The van der Waals surface area contributed by atoms with Crippen LogP contribution in [0.25, 0.3) is 0 Å². The van der Waals surface area contributed by atoms with Crippen molar-refractivity contribution in [3.05, 3.63) is 33.1 Å². The van der Waals surface area contributed by atoms with Gasteiger partial charge in [-0.25, -0.2) is 4.79 Å². The van der Waals surface area contributed by atoms with Crippen LogP contribution < -0.4 is 16.6 Å². The molecule has 132 valence electrons. The number of nitrogens with zero attached hydrogens (tertiary/aromatic N) is 1. The Kier molecular flexibility index (Phi) is 5.52. The lowest BCUT2D eigenvalue weighted by Gasteiger charge is -2.38. The maximum atomic E-state index is 11.8. The average molecular weight is 341 g/mol. The van der Waals surface area contributed by atoms with Crippen LogP contribution in [-0.4, -0.2) is 55.0 Å². The number of aromatic amines is 1. The third kappa shape index (κ3) is 4.09. The van der Waals surface area contributed by atoms with Gasteiger partial charge in [0.25, 0.3) is 5.56 Å². The lowest BCUT2D eigenvalue weighted by Crippen LogP contribution is -2.55. The van der Waals surface area contributed by atoms with Crippen LogP contribution in [0.5, 0.6) is 0 Å². The van der Waals surface area contributed by atoms with Gasteiger partial charge in [0.15, 0.2) is 0 Å². The molecule has 1 aliphatic rings. The Morgan fingerprint density at radius 2 is 1.92 bits per heavy atom. The summed E-state index contributed by atoms with van der Waals surface area (Å²) >= 11 is 0. The number of hydrogen-bond donors (Lipinski definition) is 5. The molecule has 1 aliphatic carbocycles. The first-order valence-corrected chi connectivity index (χ1v) is 7.48. The van der Waals surface area contributed by atoms with Crippen molar-refractivity contribution in [1.82, 2.24) is 14.9 Å². The molecule has 24 heavy (non-hydrogen) atoms. The zero-order chi connectivity index (χ0) is 17.9. The lowest BCUT2D eigenvalue weighted by atomic mass is 9.85. The number of carbonyl (C=O) groups is 2. The highest BCUT2D eigenvalue weighted by atomic mass is 16.4. The van der Waals surface area contributed by atoms with Crippen LogP contribution in [0.2, 0.25) is 0 Å². The molecule has 10 nitrogen and oxygen atoms in total. The van der Waals surface area contributed by atoms with Gasteiger partial charge in [-0.1, -0.05) is 0 Å². The van der Waals surface area contributed by atoms with Gasteiger partial charge in [-0.3, -0.25) is 23.9 Å². The van der Waals surface area contributed by atoms with E-state index in [2.05, 4.69) is 10.3 Å². The highest BCUT2D eigenvalue weighted by Gasteiger charge is 2.39. The van der Waals surface area contributed by atoms with Gasteiger partial charge < -0.3 is 20.6 Å². The van der Waals surface area contributed by atoms with Gasteiger partial charge in [0, 0.05) is 18.7 Å². The van der Waals surface area contributed by atoms with Crippen molar-refractivity contribution < 1.29 is 24.9 Å². The molecule has 0 unspecified atom stereocenters. The predicted octanol–water partition coefficient (Wildman–Crippen LogP) is -2.06. The second kappa shape index (κ2) is 7.41. The number of nitrogens with one attached hydrogen (secondary N) is 2. The summed E-state index contributed by atoms with van der Waals surface area (Å²) in [5.74, 6) is -1.64. The monoisotopic (exact) mass is 341 g/mol. The first kappa shape index (κ1) is 17.9.